The van der Waals surface area contributed by atoms with Crippen LogP contribution in [0, 0.1) is 11.3 Å². The van der Waals surface area contributed by atoms with E-state index in [2.05, 4.69) is 20.6 Å². The lowest BCUT2D eigenvalue weighted by Crippen LogP contribution is -2.37. The first-order valence-electron chi connectivity index (χ1n) is 4.93. The van der Waals surface area contributed by atoms with E-state index in [1.807, 2.05) is 13.0 Å². The van der Waals surface area contributed by atoms with Crippen molar-refractivity contribution in [1.29, 1.82) is 5.26 Å². The van der Waals surface area contributed by atoms with Gasteiger partial charge in [-0.25, -0.2) is 9.97 Å². The first-order chi connectivity index (χ1) is 7.67. The van der Waals surface area contributed by atoms with Gasteiger partial charge in [0.2, 0.25) is 5.91 Å². The van der Waals surface area contributed by atoms with E-state index >= 15 is 0 Å². The summed E-state index contributed by atoms with van der Waals surface area (Å²) in [7, 11) is 0. The molecule has 1 atom stereocenters. The first-order valence-corrected chi connectivity index (χ1v) is 4.93. The molecule has 1 rings (SSSR count). The van der Waals surface area contributed by atoms with Crippen LogP contribution in [0.25, 0.3) is 0 Å². The van der Waals surface area contributed by atoms with Gasteiger partial charge in [0.25, 0.3) is 0 Å². The van der Waals surface area contributed by atoms with E-state index in [-0.39, 0.29) is 17.6 Å². The lowest BCUT2D eigenvalue weighted by molar-refractivity contribution is -0.121. The molecule has 0 aliphatic heterocycles. The number of hydrogen-bond donors (Lipinski definition) is 2. The van der Waals surface area contributed by atoms with Crippen molar-refractivity contribution < 1.29 is 4.79 Å². The number of likely N-dealkylation sites (N-methyl/N-ethyl adjacent to an activating group) is 1. The second-order valence-electron chi connectivity index (χ2n) is 3.16. The summed E-state index contributed by atoms with van der Waals surface area (Å²) < 4.78 is 0. The van der Waals surface area contributed by atoms with Gasteiger partial charge in [-0.1, -0.05) is 0 Å². The van der Waals surface area contributed by atoms with E-state index in [9.17, 15) is 4.79 Å². The molecule has 84 valence electrons. The Morgan fingerprint density at radius 2 is 2.31 bits per heavy atom. The Kier molecular flexibility index (Phi) is 4.21. The Morgan fingerprint density at radius 1 is 1.56 bits per heavy atom. The number of anilines is 1. The number of rotatable bonds is 4. The molecular weight excluding hydrogens is 206 g/mol. The van der Waals surface area contributed by atoms with Crippen molar-refractivity contribution in [3.8, 4) is 6.07 Å². The summed E-state index contributed by atoms with van der Waals surface area (Å²) in [5, 5.41) is 14.1. The van der Waals surface area contributed by atoms with E-state index < -0.39 is 0 Å². The van der Waals surface area contributed by atoms with Crippen LogP contribution in [0.2, 0.25) is 0 Å². The molecule has 0 radical (unpaired) electrons. The van der Waals surface area contributed by atoms with Crippen LogP contribution in [0.5, 0.6) is 0 Å². The highest BCUT2D eigenvalue weighted by molar-refractivity contribution is 5.83. The Balaban J connectivity index is 2.59. The van der Waals surface area contributed by atoms with E-state index in [4.69, 9.17) is 5.26 Å². The minimum atomic E-state index is -0.387. The standard InChI is InChI=1S/C10H13N5O/c1-3-12-10(16)7(2)15-9-6-13-8(4-11)5-14-9/h5-7H,3H2,1-2H3,(H,12,16)(H,14,15). The quantitative estimate of drug-likeness (QED) is 0.759. The third-order valence-electron chi connectivity index (χ3n) is 1.88. The smallest absolute Gasteiger partial charge is 0.242 e. The molecule has 16 heavy (non-hydrogen) atoms. The minimum absolute atomic E-state index is 0.103. The molecule has 1 unspecified atom stereocenters. The zero-order valence-electron chi connectivity index (χ0n) is 9.19. The predicted octanol–water partition coefficient (Wildman–Crippen LogP) is 0.285. The number of amides is 1. The van der Waals surface area contributed by atoms with Crippen LogP contribution < -0.4 is 10.6 Å². The van der Waals surface area contributed by atoms with Crippen molar-refractivity contribution in [3.63, 3.8) is 0 Å². The average Bonchev–Trinajstić information content (AvgIpc) is 2.30. The van der Waals surface area contributed by atoms with Crippen molar-refractivity contribution in [2.75, 3.05) is 11.9 Å². The van der Waals surface area contributed by atoms with Crippen LogP contribution in [0.4, 0.5) is 5.82 Å². The van der Waals surface area contributed by atoms with Gasteiger partial charge < -0.3 is 10.6 Å². The molecule has 0 aliphatic rings. The van der Waals surface area contributed by atoms with Gasteiger partial charge in [-0.3, -0.25) is 4.79 Å². The average molecular weight is 219 g/mol. The van der Waals surface area contributed by atoms with Crippen LogP contribution in [0.15, 0.2) is 12.4 Å². The van der Waals surface area contributed by atoms with E-state index in [1.165, 1.54) is 12.4 Å². The van der Waals surface area contributed by atoms with E-state index in [0.717, 1.165) is 0 Å². The molecule has 1 aromatic heterocycles. The number of nitriles is 1. The van der Waals surface area contributed by atoms with Gasteiger partial charge in [0.15, 0.2) is 5.69 Å². The fraction of sp³-hybridized carbons (Fsp3) is 0.400. The maximum absolute atomic E-state index is 11.4. The molecule has 0 aliphatic carbocycles. The zero-order chi connectivity index (χ0) is 12.0. The molecule has 2 N–H and O–H groups in total. The van der Waals surface area contributed by atoms with Gasteiger partial charge in [-0.15, -0.1) is 0 Å². The zero-order valence-corrected chi connectivity index (χ0v) is 9.19. The SMILES string of the molecule is CCNC(=O)C(C)Nc1cnc(C#N)cn1. The highest BCUT2D eigenvalue weighted by atomic mass is 16.2. The number of nitrogens with one attached hydrogen (secondary N) is 2. The third kappa shape index (κ3) is 3.20. The van der Waals surface area contributed by atoms with E-state index in [1.54, 1.807) is 6.92 Å². The van der Waals surface area contributed by atoms with Crippen molar-refractivity contribution in [2.24, 2.45) is 0 Å². The molecule has 0 saturated carbocycles. The molecule has 0 spiro atoms. The molecule has 6 heteroatoms. The summed E-state index contributed by atoms with van der Waals surface area (Å²) in [6.45, 7) is 4.17. The maximum Gasteiger partial charge on any atom is 0.242 e. The van der Waals surface area contributed by atoms with Crippen LogP contribution in [0.3, 0.4) is 0 Å². The Bertz CT molecular complexity index is 395. The highest BCUT2D eigenvalue weighted by Crippen LogP contribution is 2.02. The number of aromatic nitrogens is 2. The molecule has 0 saturated heterocycles. The molecule has 1 aromatic rings. The van der Waals surface area contributed by atoms with Gasteiger partial charge >= 0.3 is 0 Å². The number of carbonyl (C=O) groups is 1. The third-order valence-corrected chi connectivity index (χ3v) is 1.88. The Labute approximate surface area is 93.7 Å². The van der Waals surface area contributed by atoms with Crippen molar-refractivity contribution in [3.05, 3.63) is 18.1 Å². The first kappa shape index (κ1) is 11.9. The second-order valence-corrected chi connectivity index (χ2v) is 3.16. The summed E-state index contributed by atoms with van der Waals surface area (Å²) in [6, 6.07) is 1.48. The van der Waals surface area contributed by atoms with Gasteiger partial charge in [0.05, 0.1) is 12.4 Å². The van der Waals surface area contributed by atoms with Crippen molar-refractivity contribution >= 4 is 11.7 Å². The minimum Gasteiger partial charge on any atom is -0.357 e. The largest absolute Gasteiger partial charge is 0.357 e. The molecule has 1 heterocycles. The second kappa shape index (κ2) is 5.66. The summed E-state index contributed by atoms with van der Waals surface area (Å²) in [5.41, 5.74) is 0.246. The molecule has 6 nitrogen and oxygen atoms in total. The lowest BCUT2D eigenvalue weighted by atomic mass is 10.3. The summed E-state index contributed by atoms with van der Waals surface area (Å²) in [6.07, 6.45) is 2.78. The molecule has 0 aromatic carbocycles. The van der Waals surface area contributed by atoms with Crippen LogP contribution >= 0.6 is 0 Å². The van der Waals surface area contributed by atoms with Gasteiger partial charge in [-0.05, 0) is 13.8 Å². The fourth-order valence-electron chi connectivity index (χ4n) is 1.08. The maximum atomic E-state index is 11.4. The Hall–Kier alpha value is -2.16. The van der Waals surface area contributed by atoms with Gasteiger partial charge in [-0.2, -0.15) is 5.26 Å². The number of carbonyl (C=O) groups excluding carboxylic acids is 1. The van der Waals surface area contributed by atoms with E-state index in [0.29, 0.717) is 12.4 Å². The molecule has 1 amide bonds. The highest BCUT2D eigenvalue weighted by Gasteiger charge is 2.11. The van der Waals surface area contributed by atoms with Gasteiger partial charge in [0, 0.05) is 6.54 Å². The van der Waals surface area contributed by atoms with Crippen LogP contribution in [0.1, 0.15) is 19.5 Å². The lowest BCUT2D eigenvalue weighted by Gasteiger charge is -2.13. The van der Waals surface area contributed by atoms with Crippen LogP contribution in [-0.4, -0.2) is 28.5 Å². The normalized spacial score (nSPS) is 11.3. The van der Waals surface area contributed by atoms with Crippen LogP contribution in [-0.2, 0) is 4.79 Å². The molecular formula is C10H13N5O. The summed E-state index contributed by atoms with van der Waals surface area (Å²) in [5.74, 6) is 0.367. The topological polar surface area (TPSA) is 90.7 Å². The summed E-state index contributed by atoms with van der Waals surface area (Å²) in [4.78, 5) is 19.2. The van der Waals surface area contributed by atoms with Gasteiger partial charge in [0.1, 0.15) is 17.9 Å². The molecule has 0 bridgehead atoms. The Morgan fingerprint density at radius 3 is 2.81 bits per heavy atom. The summed E-state index contributed by atoms with van der Waals surface area (Å²) >= 11 is 0. The number of hydrogen-bond acceptors (Lipinski definition) is 5. The van der Waals surface area contributed by atoms with Crippen molar-refractivity contribution in [1.82, 2.24) is 15.3 Å². The monoisotopic (exact) mass is 219 g/mol. The fourth-order valence-corrected chi connectivity index (χ4v) is 1.08. The molecule has 0 fully saturated rings. The van der Waals surface area contributed by atoms with Crippen molar-refractivity contribution in [2.45, 2.75) is 19.9 Å². The predicted molar refractivity (Wildman–Crippen MR) is 58.5 cm³/mol. The number of nitrogens with zero attached hydrogens (tertiary/aromatic N) is 3.